The molecule has 96 valence electrons. The summed E-state index contributed by atoms with van der Waals surface area (Å²) in [6.07, 6.45) is 1.05. The maximum atomic E-state index is 5.78. The molecular formula is C14H22BrNO. The molecule has 0 radical (unpaired) electrons. The van der Waals surface area contributed by atoms with Crippen molar-refractivity contribution in [1.29, 1.82) is 0 Å². The highest BCUT2D eigenvalue weighted by Gasteiger charge is 2.10. The van der Waals surface area contributed by atoms with Crippen molar-refractivity contribution in [2.45, 2.75) is 33.7 Å². The molecule has 0 unspecified atom stereocenters. The van der Waals surface area contributed by atoms with E-state index >= 15 is 0 Å². The second-order valence-corrected chi connectivity index (χ2v) is 6.31. The summed E-state index contributed by atoms with van der Waals surface area (Å²) in [6.45, 7) is 8.30. The molecule has 0 saturated carbocycles. The Morgan fingerprint density at radius 2 is 2.00 bits per heavy atom. The van der Waals surface area contributed by atoms with Gasteiger partial charge in [0.2, 0.25) is 0 Å². The lowest BCUT2D eigenvalue weighted by atomic mass is 9.93. The first kappa shape index (κ1) is 14.5. The van der Waals surface area contributed by atoms with E-state index in [1.165, 1.54) is 5.56 Å². The van der Waals surface area contributed by atoms with E-state index in [2.05, 4.69) is 54.2 Å². The Morgan fingerprint density at radius 1 is 1.29 bits per heavy atom. The molecule has 0 atom stereocenters. The van der Waals surface area contributed by atoms with Crippen LogP contribution in [0.2, 0.25) is 0 Å². The Bertz CT molecular complexity index is 358. The van der Waals surface area contributed by atoms with E-state index in [9.17, 15) is 0 Å². The number of rotatable bonds is 5. The van der Waals surface area contributed by atoms with E-state index in [0.29, 0.717) is 5.41 Å². The van der Waals surface area contributed by atoms with Crippen LogP contribution in [0.5, 0.6) is 5.75 Å². The van der Waals surface area contributed by atoms with Crippen molar-refractivity contribution in [3.63, 3.8) is 0 Å². The second-order valence-electron chi connectivity index (χ2n) is 5.45. The number of halogens is 1. The summed E-state index contributed by atoms with van der Waals surface area (Å²) >= 11 is 3.54. The SMILES string of the molecule is CNCc1ccc(OCCC(C)(C)C)c(Br)c1. The van der Waals surface area contributed by atoms with Crippen LogP contribution in [-0.2, 0) is 6.54 Å². The molecule has 1 N–H and O–H groups in total. The highest BCUT2D eigenvalue weighted by atomic mass is 79.9. The lowest BCUT2D eigenvalue weighted by Crippen LogP contribution is -2.11. The number of hydrogen-bond acceptors (Lipinski definition) is 2. The maximum Gasteiger partial charge on any atom is 0.133 e. The Labute approximate surface area is 113 Å². The quantitative estimate of drug-likeness (QED) is 0.888. The van der Waals surface area contributed by atoms with E-state index in [0.717, 1.165) is 29.8 Å². The highest BCUT2D eigenvalue weighted by Crippen LogP contribution is 2.27. The van der Waals surface area contributed by atoms with Crippen LogP contribution in [0.3, 0.4) is 0 Å². The minimum atomic E-state index is 0.318. The van der Waals surface area contributed by atoms with Gasteiger partial charge in [-0.15, -0.1) is 0 Å². The molecule has 0 aliphatic heterocycles. The highest BCUT2D eigenvalue weighted by molar-refractivity contribution is 9.10. The van der Waals surface area contributed by atoms with Crippen LogP contribution in [0.15, 0.2) is 22.7 Å². The van der Waals surface area contributed by atoms with E-state index < -0.39 is 0 Å². The van der Waals surface area contributed by atoms with Gasteiger partial charge in [-0.25, -0.2) is 0 Å². The van der Waals surface area contributed by atoms with Crippen molar-refractivity contribution in [3.8, 4) is 5.75 Å². The third-order valence-corrected chi connectivity index (χ3v) is 3.11. The summed E-state index contributed by atoms with van der Waals surface area (Å²) in [7, 11) is 1.95. The monoisotopic (exact) mass is 299 g/mol. The van der Waals surface area contributed by atoms with Crippen molar-refractivity contribution in [2.75, 3.05) is 13.7 Å². The first-order valence-electron chi connectivity index (χ1n) is 5.98. The van der Waals surface area contributed by atoms with Crippen LogP contribution in [0.4, 0.5) is 0 Å². The van der Waals surface area contributed by atoms with Gasteiger partial charge in [0.25, 0.3) is 0 Å². The zero-order valence-corrected chi connectivity index (χ0v) is 12.7. The molecule has 0 spiro atoms. The van der Waals surface area contributed by atoms with Crippen molar-refractivity contribution in [2.24, 2.45) is 5.41 Å². The molecule has 0 saturated heterocycles. The van der Waals surface area contributed by atoms with Crippen molar-refractivity contribution >= 4 is 15.9 Å². The molecule has 1 rings (SSSR count). The van der Waals surface area contributed by atoms with Gasteiger partial charge < -0.3 is 10.1 Å². The van der Waals surface area contributed by atoms with E-state index in [1.54, 1.807) is 0 Å². The number of hydrogen-bond donors (Lipinski definition) is 1. The summed E-state index contributed by atoms with van der Waals surface area (Å²) in [5.74, 6) is 0.925. The van der Waals surface area contributed by atoms with Crippen molar-refractivity contribution in [3.05, 3.63) is 28.2 Å². The molecule has 0 fully saturated rings. The topological polar surface area (TPSA) is 21.3 Å². The molecule has 0 heterocycles. The molecule has 1 aromatic carbocycles. The van der Waals surface area contributed by atoms with Crippen LogP contribution in [-0.4, -0.2) is 13.7 Å². The van der Waals surface area contributed by atoms with Gasteiger partial charge in [0.15, 0.2) is 0 Å². The zero-order chi connectivity index (χ0) is 12.9. The first-order chi connectivity index (χ1) is 7.92. The number of benzene rings is 1. The van der Waals surface area contributed by atoms with Crippen molar-refractivity contribution < 1.29 is 4.74 Å². The standard InChI is InChI=1S/C14H22BrNO/c1-14(2,3)7-8-17-13-6-5-11(10-16-4)9-12(13)15/h5-6,9,16H,7-8,10H2,1-4H3. The van der Waals surface area contributed by atoms with Gasteiger partial charge in [0.05, 0.1) is 11.1 Å². The molecule has 2 nitrogen and oxygen atoms in total. The fourth-order valence-electron chi connectivity index (χ4n) is 1.44. The van der Waals surface area contributed by atoms with Gasteiger partial charge in [-0.2, -0.15) is 0 Å². The predicted molar refractivity (Wildman–Crippen MR) is 76.5 cm³/mol. The van der Waals surface area contributed by atoms with Gasteiger partial charge in [-0.3, -0.25) is 0 Å². The van der Waals surface area contributed by atoms with E-state index in [1.807, 2.05) is 13.1 Å². The minimum absolute atomic E-state index is 0.318. The third kappa shape index (κ3) is 5.55. The summed E-state index contributed by atoms with van der Waals surface area (Å²) in [5.41, 5.74) is 1.57. The Morgan fingerprint density at radius 3 is 2.53 bits per heavy atom. The Hall–Kier alpha value is -0.540. The lowest BCUT2D eigenvalue weighted by Gasteiger charge is -2.18. The fourth-order valence-corrected chi connectivity index (χ4v) is 1.98. The summed E-state index contributed by atoms with van der Waals surface area (Å²) in [4.78, 5) is 0. The van der Waals surface area contributed by atoms with Gasteiger partial charge in [-0.1, -0.05) is 26.8 Å². The Balaban J connectivity index is 2.54. The van der Waals surface area contributed by atoms with Gasteiger partial charge >= 0.3 is 0 Å². The zero-order valence-electron chi connectivity index (χ0n) is 11.1. The maximum absolute atomic E-state index is 5.78. The van der Waals surface area contributed by atoms with Gasteiger partial charge in [-0.05, 0) is 52.5 Å². The first-order valence-corrected chi connectivity index (χ1v) is 6.77. The van der Waals surface area contributed by atoms with E-state index in [4.69, 9.17) is 4.74 Å². The lowest BCUT2D eigenvalue weighted by molar-refractivity contribution is 0.242. The van der Waals surface area contributed by atoms with Gasteiger partial charge in [0.1, 0.15) is 5.75 Å². The minimum Gasteiger partial charge on any atom is -0.492 e. The molecule has 0 amide bonds. The second kappa shape index (κ2) is 6.41. The van der Waals surface area contributed by atoms with E-state index in [-0.39, 0.29) is 0 Å². The normalized spacial score (nSPS) is 11.6. The van der Waals surface area contributed by atoms with Crippen LogP contribution >= 0.6 is 15.9 Å². The van der Waals surface area contributed by atoms with Crippen LogP contribution in [0.1, 0.15) is 32.8 Å². The van der Waals surface area contributed by atoms with Crippen LogP contribution in [0.25, 0.3) is 0 Å². The largest absolute Gasteiger partial charge is 0.492 e. The molecular weight excluding hydrogens is 278 g/mol. The number of nitrogens with one attached hydrogen (secondary N) is 1. The molecule has 0 aliphatic carbocycles. The summed E-state index contributed by atoms with van der Waals surface area (Å²) in [6, 6.07) is 6.22. The molecule has 0 aliphatic rings. The molecule has 0 bridgehead atoms. The molecule has 17 heavy (non-hydrogen) atoms. The summed E-state index contributed by atoms with van der Waals surface area (Å²) in [5, 5.41) is 3.13. The molecule has 1 aromatic rings. The molecule has 3 heteroatoms. The summed E-state index contributed by atoms with van der Waals surface area (Å²) < 4.78 is 6.81. The van der Waals surface area contributed by atoms with Crippen LogP contribution in [0, 0.1) is 5.41 Å². The average Bonchev–Trinajstić information content (AvgIpc) is 2.20. The Kier molecular flexibility index (Phi) is 5.47. The number of ether oxygens (including phenoxy) is 1. The van der Waals surface area contributed by atoms with Crippen molar-refractivity contribution in [1.82, 2.24) is 5.32 Å². The smallest absolute Gasteiger partial charge is 0.133 e. The predicted octanol–water partition coefficient (Wildman–Crippen LogP) is 3.98. The fraction of sp³-hybridized carbons (Fsp3) is 0.571. The molecule has 0 aromatic heterocycles. The third-order valence-electron chi connectivity index (χ3n) is 2.49. The average molecular weight is 300 g/mol. The van der Waals surface area contributed by atoms with Gasteiger partial charge in [0, 0.05) is 6.54 Å². The van der Waals surface area contributed by atoms with Crippen LogP contribution < -0.4 is 10.1 Å².